The fourth-order valence-electron chi connectivity index (χ4n) is 2.25. The summed E-state index contributed by atoms with van der Waals surface area (Å²) in [4.78, 5) is 13.4. The number of rotatable bonds is 0. The molecule has 2 aliphatic rings. The van der Waals surface area contributed by atoms with Gasteiger partial charge in [0, 0.05) is 19.0 Å². The Kier molecular flexibility index (Phi) is 2.18. The minimum absolute atomic E-state index is 0.203. The molecular weight excluding hydrogens is 190 g/mol. The second-order valence-corrected chi connectivity index (χ2v) is 5.41. The predicted octanol–water partition coefficient (Wildman–Crippen LogP) is 1.73. The smallest absolute Gasteiger partial charge is 0.410 e. The summed E-state index contributed by atoms with van der Waals surface area (Å²) in [7, 11) is 0. The van der Waals surface area contributed by atoms with Crippen LogP contribution in [0.4, 0.5) is 4.79 Å². The lowest BCUT2D eigenvalue weighted by atomic mass is 10.2. The van der Waals surface area contributed by atoms with Crippen LogP contribution in [0.25, 0.3) is 0 Å². The van der Waals surface area contributed by atoms with Crippen molar-refractivity contribution in [2.24, 2.45) is 17.8 Å². The van der Waals surface area contributed by atoms with Crippen molar-refractivity contribution in [2.75, 3.05) is 13.1 Å². The van der Waals surface area contributed by atoms with Gasteiger partial charge in [0.15, 0.2) is 0 Å². The number of likely N-dealkylation sites (tertiary alicyclic amines) is 1. The Hall–Kier alpha value is -1.17. The second kappa shape index (κ2) is 3.16. The summed E-state index contributed by atoms with van der Waals surface area (Å²) in [6.07, 6.45) is 5.16. The molecule has 0 aromatic heterocycles. The molecule has 82 valence electrons. The Morgan fingerprint density at radius 3 is 2.33 bits per heavy atom. The van der Waals surface area contributed by atoms with Gasteiger partial charge in [-0.2, -0.15) is 0 Å². The van der Waals surface area contributed by atoms with E-state index in [-0.39, 0.29) is 6.09 Å². The number of amides is 1. The second-order valence-electron chi connectivity index (χ2n) is 5.41. The van der Waals surface area contributed by atoms with Gasteiger partial charge in [-0.15, -0.1) is 12.3 Å². The SMILES string of the molecule is C#CC1[C@H]2CN(C(=O)OC(C)(C)C)C[C@@H]12. The number of carbonyl (C=O) groups excluding carboxylic acids is 1. The van der Waals surface area contributed by atoms with Gasteiger partial charge in [0.25, 0.3) is 0 Å². The number of ether oxygens (including phenoxy) is 1. The summed E-state index contributed by atoms with van der Waals surface area (Å²) in [5.74, 6) is 4.24. The number of fused-ring (bicyclic) bond motifs is 1. The molecular formula is C12H17NO2. The van der Waals surface area contributed by atoms with Gasteiger partial charge in [0.1, 0.15) is 5.60 Å². The van der Waals surface area contributed by atoms with Crippen molar-refractivity contribution < 1.29 is 9.53 Å². The molecule has 0 radical (unpaired) electrons. The largest absolute Gasteiger partial charge is 0.444 e. The lowest BCUT2D eigenvalue weighted by Gasteiger charge is -2.25. The molecule has 1 amide bonds. The zero-order chi connectivity index (χ0) is 11.2. The highest BCUT2D eigenvalue weighted by Crippen LogP contribution is 2.51. The molecule has 0 aromatic carbocycles. The molecule has 2 fully saturated rings. The number of hydrogen-bond donors (Lipinski definition) is 0. The molecule has 1 saturated heterocycles. The summed E-state index contributed by atoms with van der Waals surface area (Å²) in [6, 6.07) is 0. The summed E-state index contributed by atoms with van der Waals surface area (Å²) in [5, 5.41) is 0. The molecule has 0 spiro atoms. The quantitative estimate of drug-likeness (QED) is 0.566. The van der Waals surface area contributed by atoms with Crippen LogP contribution < -0.4 is 0 Å². The van der Waals surface area contributed by atoms with E-state index in [2.05, 4.69) is 5.92 Å². The third-order valence-electron chi connectivity index (χ3n) is 3.04. The van der Waals surface area contributed by atoms with Crippen molar-refractivity contribution in [3.8, 4) is 12.3 Å². The summed E-state index contributed by atoms with van der Waals surface area (Å²) < 4.78 is 5.29. The number of nitrogens with zero attached hydrogens (tertiary/aromatic N) is 1. The van der Waals surface area contributed by atoms with Crippen molar-refractivity contribution in [3.63, 3.8) is 0 Å². The van der Waals surface area contributed by atoms with Crippen LogP contribution in [0.15, 0.2) is 0 Å². The van der Waals surface area contributed by atoms with Crippen LogP contribution in [0.5, 0.6) is 0 Å². The highest BCUT2D eigenvalue weighted by atomic mass is 16.6. The Bertz CT molecular complexity index is 311. The van der Waals surface area contributed by atoms with Crippen LogP contribution in [0.2, 0.25) is 0 Å². The molecule has 3 atom stereocenters. The van der Waals surface area contributed by atoms with E-state index < -0.39 is 5.60 Å². The fourth-order valence-corrected chi connectivity index (χ4v) is 2.25. The first kappa shape index (κ1) is 10.4. The van der Waals surface area contributed by atoms with E-state index in [4.69, 9.17) is 11.2 Å². The van der Waals surface area contributed by atoms with Crippen molar-refractivity contribution in [1.82, 2.24) is 4.90 Å². The maximum Gasteiger partial charge on any atom is 0.410 e. The van der Waals surface area contributed by atoms with Gasteiger partial charge in [0.05, 0.1) is 0 Å². The minimum atomic E-state index is -0.407. The van der Waals surface area contributed by atoms with E-state index in [0.717, 1.165) is 13.1 Å². The number of piperidine rings is 1. The topological polar surface area (TPSA) is 29.5 Å². The first-order chi connectivity index (χ1) is 6.92. The monoisotopic (exact) mass is 207 g/mol. The van der Waals surface area contributed by atoms with Gasteiger partial charge in [-0.1, -0.05) is 0 Å². The Morgan fingerprint density at radius 2 is 1.93 bits per heavy atom. The van der Waals surface area contributed by atoms with Crippen LogP contribution in [-0.4, -0.2) is 29.7 Å². The molecule has 0 N–H and O–H groups in total. The van der Waals surface area contributed by atoms with Gasteiger partial charge in [-0.3, -0.25) is 0 Å². The lowest BCUT2D eigenvalue weighted by molar-refractivity contribution is 0.0269. The summed E-state index contributed by atoms with van der Waals surface area (Å²) >= 11 is 0. The van der Waals surface area contributed by atoms with Gasteiger partial charge in [-0.25, -0.2) is 4.79 Å². The average molecular weight is 207 g/mol. The van der Waals surface area contributed by atoms with Crippen molar-refractivity contribution in [1.29, 1.82) is 0 Å². The summed E-state index contributed by atoms with van der Waals surface area (Å²) in [6.45, 7) is 7.19. The molecule has 1 unspecified atom stereocenters. The van der Waals surface area contributed by atoms with Gasteiger partial charge < -0.3 is 9.64 Å². The van der Waals surface area contributed by atoms with E-state index in [1.807, 2.05) is 20.8 Å². The zero-order valence-corrected chi connectivity index (χ0v) is 9.49. The molecule has 2 rings (SSSR count). The van der Waals surface area contributed by atoms with E-state index in [1.165, 1.54) is 0 Å². The van der Waals surface area contributed by atoms with Gasteiger partial charge in [-0.05, 0) is 32.6 Å². The molecule has 15 heavy (non-hydrogen) atoms. The van der Waals surface area contributed by atoms with E-state index in [1.54, 1.807) is 4.90 Å². The third-order valence-corrected chi connectivity index (χ3v) is 3.04. The minimum Gasteiger partial charge on any atom is -0.444 e. The molecule has 0 aromatic rings. The Balaban J connectivity index is 1.85. The van der Waals surface area contributed by atoms with Crippen molar-refractivity contribution in [3.05, 3.63) is 0 Å². The molecule has 1 heterocycles. The van der Waals surface area contributed by atoms with Gasteiger partial charge in [0.2, 0.25) is 0 Å². The highest BCUT2D eigenvalue weighted by molar-refractivity contribution is 5.69. The van der Waals surface area contributed by atoms with Crippen LogP contribution in [0.3, 0.4) is 0 Å². The maximum absolute atomic E-state index is 11.7. The number of carbonyl (C=O) groups is 1. The van der Waals surface area contributed by atoms with Crippen molar-refractivity contribution in [2.45, 2.75) is 26.4 Å². The van der Waals surface area contributed by atoms with Crippen LogP contribution in [0, 0.1) is 30.1 Å². The standard InChI is InChI=1S/C12H17NO2/c1-5-8-9-6-13(7-10(8)9)11(14)15-12(2,3)4/h1,8-10H,6-7H2,2-4H3/t8?,9-,10+. The highest BCUT2D eigenvalue weighted by Gasteiger charge is 2.56. The van der Waals surface area contributed by atoms with E-state index in [9.17, 15) is 4.79 Å². The molecule has 3 nitrogen and oxygen atoms in total. The predicted molar refractivity (Wildman–Crippen MR) is 57.1 cm³/mol. The summed E-state index contributed by atoms with van der Waals surface area (Å²) in [5.41, 5.74) is -0.407. The van der Waals surface area contributed by atoms with Crippen molar-refractivity contribution >= 4 is 6.09 Å². The average Bonchev–Trinajstić information content (AvgIpc) is 2.54. The normalized spacial score (nSPS) is 33.2. The van der Waals surface area contributed by atoms with Gasteiger partial charge >= 0.3 is 6.09 Å². The van der Waals surface area contributed by atoms with Crippen LogP contribution in [0.1, 0.15) is 20.8 Å². The Labute approximate surface area is 90.8 Å². The first-order valence-electron chi connectivity index (χ1n) is 5.36. The Morgan fingerprint density at radius 1 is 1.40 bits per heavy atom. The molecule has 1 saturated carbocycles. The van der Waals surface area contributed by atoms with E-state index in [0.29, 0.717) is 17.8 Å². The lowest BCUT2D eigenvalue weighted by Crippen LogP contribution is -2.36. The number of hydrogen-bond acceptors (Lipinski definition) is 2. The number of terminal acetylenes is 1. The maximum atomic E-state index is 11.7. The third kappa shape index (κ3) is 1.94. The van der Waals surface area contributed by atoms with Crippen LogP contribution in [-0.2, 0) is 4.74 Å². The van der Waals surface area contributed by atoms with E-state index >= 15 is 0 Å². The van der Waals surface area contributed by atoms with Crippen LogP contribution >= 0.6 is 0 Å². The first-order valence-corrected chi connectivity index (χ1v) is 5.36. The fraction of sp³-hybridized carbons (Fsp3) is 0.750. The molecule has 1 aliphatic carbocycles. The molecule has 0 bridgehead atoms. The molecule has 1 aliphatic heterocycles. The zero-order valence-electron chi connectivity index (χ0n) is 9.49. The molecule has 3 heteroatoms.